The molecule has 0 radical (unpaired) electrons. The van der Waals surface area contributed by atoms with Gasteiger partial charge in [0.25, 0.3) is 5.91 Å². The quantitative estimate of drug-likeness (QED) is 0.765. The van der Waals surface area contributed by atoms with Gasteiger partial charge in [0.1, 0.15) is 0 Å². The van der Waals surface area contributed by atoms with E-state index in [0.29, 0.717) is 0 Å². The van der Waals surface area contributed by atoms with Crippen molar-refractivity contribution >= 4 is 17.9 Å². The van der Waals surface area contributed by atoms with Crippen LogP contribution >= 0.6 is 0 Å². The highest BCUT2D eigenvalue weighted by Gasteiger charge is 2.33. The first-order valence-electron chi connectivity index (χ1n) is 7.38. The predicted octanol–water partition coefficient (Wildman–Crippen LogP) is 1.49. The number of hydrogen-bond acceptors (Lipinski definition) is 4. The number of esters is 1. The molecule has 6 nitrogen and oxygen atoms in total. The van der Waals surface area contributed by atoms with Gasteiger partial charge in [-0.05, 0) is 32.6 Å². The molecule has 0 aromatic heterocycles. The van der Waals surface area contributed by atoms with Gasteiger partial charge in [0, 0.05) is 6.04 Å². The zero-order valence-electron chi connectivity index (χ0n) is 11.8. The first-order chi connectivity index (χ1) is 9.56. The van der Waals surface area contributed by atoms with E-state index < -0.39 is 18.0 Å². The van der Waals surface area contributed by atoms with Crippen LogP contribution in [0.1, 0.15) is 51.9 Å². The van der Waals surface area contributed by atoms with Crippen molar-refractivity contribution in [1.82, 2.24) is 10.6 Å². The summed E-state index contributed by atoms with van der Waals surface area (Å²) < 4.78 is 5.00. The fourth-order valence-electron chi connectivity index (χ4n) is 2.32. The Bertz CT molecular complexity index is 387. The average molecular weight is 282 g/mol. The standard InChI is InChI=1S/C14H22N2O4/c1-9(20-13(18)10-7-8-10)12(17)16-14(19)15-11-5-3-2-4-6-11/h9-11H,2-8H2,1H3,(H2,15,16,17,19)/t9-/m1/s1. The maximum Gasteiger partial charge on any atom is 0.321 e. The van der Waals surface area contributed by atoms with Crippen molar-refractivity contribution in [1.29, 1.82) is 0 Å². The summed E-state index contributed by atoms with van der Waals surface area (Å²) >= 11 is 0. The molecule has 2 saturated carbocycles. The second-order valence-corrected chi connectivity index (χ2v) is 5.65. The van der Waals surface area contributed by atoms with Gasteiger partial charge >= 0.3 is 12.0 Å². The van der Waals surface area contributed by atoms with E-state index in [1.807, 2.05) is 0 Å². The molecule has 2 aliphatic carbocycles. The van der Waals surface area contributed by atoms with E-state index in [4.69, 9.17) is 4.74 Å². The lowest BCUT2D eigenvalue weighted by molar-refractivity contribution is -0.155. The zero-order chi connectivity index (χ0) is 14.5. The number of ether oxygens (including phenoxy) is 1. The third kappa shape index (κ3) is 4.51. The third-order valence-electron chi connectivity index (χ3n) is 3.75. The van der Waals surface area contributed by atoms with Gasteiger partial charge < -0.3 is 10.1 Å². The van der Waals surface area contributed by atoms with Crippen LogP contribution in [0, 0.1) is 5.92 Å². The van der Waals surface area contributed by atoms with E-state index in [2.05, 4.69) is 10.6 Å². The number of carbonyl (C=O) groups excluding carboxylic acids is 3. The maximum atomic E-state index is 11.7. The van der Waals surface area contributed by atoms with Crippen molar-refractivity contribution in [3.05, 3.63) is 0 Å². The number of carbonyl (C=O) groups is 3. The molecule has 3 amide bonds. The molecular formula is C14H22N2O4. The molecule has 112 valence electrons. The van der Waals surface area contributed by atoms with Gasteiger partial charge in [-0.15, -0.1) is 0 Å². The second-order valence-electron chi connectivity index (χ2n) is 5.65. The molecule has 6 heteroatoms. The summed E-state index contributed by atoms with van der Waals surface area (Å²) in [5, 5.41) is 5.01. The number of amides is 3. The summed E-state index contributed by atoms with van der Waals surface area (Å²) in [5.74, 6) is -0.978. The molecule has 2 rings (SSSR count). The Balaban J connectivity index is 1.69. The van der Waals surface area contributed by atoms with E-state index >= 15 is 0 Å². The van der Waals surface area contributed by atoms with Crippen molar-refractivity contribution in [2.24, 2.45) is 5.92 Å². The fraction of sp³-hybridized carbons (Fsp3) is 0.786. The van der Waals surface area contributed by atoms with Gasteiger partial charge in [-0.1, -0.05) is 19.3 Å². The molecule has 2 aliphatic rings. The molecule has 0 aromatic carbocycles. The summed E-state index contributed by atoms with van der Waals surface area (Å²) in [7, 11) is 0. The highest BCUT2D eigenvalue weighted by atomic mass is 16.5. The fourth-order valence-corrected chi connectivity index (χ4v) is 2.32. The van der Waals surface area contributed by atoms with Crippen molar-refractivity contribution in [3.63, 3.8) is 0 Å². The van der Waals surface area contributed by atoms with Crippen LogP contribution in [0.4, 0.5) is 4.79 Å². The summed E-state index contributed by atoms with van der Waals surface area (Å²) in [4.78, 5) is 34.8. The number of nitrogens with one attached hydrogen (secondary N) is 2. The highest BCUT2D eigenvalue weighted by Crippen LogP contribution is 2.30. The Labute approximate surface area is 118 Å². The van der Waals surface area contributed by atoms with Crippen LogP contribution in [0.15, 0.2) is 0 Å². The molecule has 0 unspecified atom stereocenters. The summed E-state index contributed by atoms with van der Waals surface area (Å²) in [6.07, 6.45) is 6.04. The predicted molar refractivity (Wildman–Crippen MR) is 71.8 cm³/mol. The second kappa shape index (κ2) is 6.72. The summed E-state index contributed by atoms with van der Waals surface area (Å²) in [6, 6.07) is -0.364. The van der Waals surface area contributed by atoms with Gasteiger partial charge in [-0.25, -0.2) is 4.79 Å². The Morgan fingerprint density at radius 1 is 1.05 bits per heavy atom. The smallest absolute Gasteiger partial charge is 0.321 e. The molecule has 2 N–H and O–H groups in total. The van der Waals surface area contributed by atoms with Crippen LogP contribution in [0.3, 0.4) is 0 Å². The Kier molecular flexibility index (Phi) is 4.98. The molecule has 0 heterocycles. The topological polar surface area (TPSA) is 84.5 Å². The minimum atomic E-state index is -0.930. The minimum absolute atomic E-state index is 0.0543. The molecule has 0 saturated heterocycles. The molecule has 0 bridgehead atoms. The number of urea groups is 1. The number of hydrogen-bond donors (Lipinski definition) is 2. The van der Waals surface area contributed by atoms with E-state index in [-0.39, 0.29) is 17.9 Å². The minimum Gasteiger partial charge on any atom is -0.452 e. The molecule has 20 heavy (non-hydrogen) atoms. The van der Waals surface area contributed by atoms with Crippen LogP contribution in [0.5, 0.6) is 0 Å². The van der Waals surface area contributed by atoms with Crippen molar-refractivity contribution in [3.8, 4) is 0 Å². The van der Waals surface area contributed by atoms with Gasteiger partial charge in [-0.3, -0.25) is 14.9 Å². The maximum absolute atomic E-state index is 11.7. The Morgan fingerprint density at radius 3 is 2.30 bits per heavy atom. The van der Waals surface area contributed by atoms with Gasteiger partial charge in [0.05, 0.1) is 5.92 Å². The van der Waals surface area contributed by atoms with Crippen molar-refractivity contribution < 1.29 is 19.1 Å². The lowest BCUT2D eigenvalue weighted by atomic mass is 9.96. The largest absolute Gasteiger partial charge is 0.452 e. The van der Waals surface area contributed by atoms with Gasteiger partial charge in [0.2, 0.25) is 0 Å². The van der Waals surface area contributed by atoms with Crippen molar-refractivity contribution in [2.45, 2.75) is 64.0 Å². The van der Waals surface area contributed by atoms with Crippen LogP contribution in [0.2, 0.25) is 0 Å². The molecule has 1 atom stereocenters. The van der Waals surface area contributed by atoms with Crippen LogP contribution in [-0.4, -0.2) is 30.1 Å². The molecule has 0 aromatic rings. The van der Waals surface area contributed by atoms with E-state index in [1.165, 1.54) is 13.3 Å². The van der Waals surface area contributed by atoms with Crippen LogP contribution < -0.4 is 10.6 Å². The van der Waals surface area contributed by atoms with Gasteiger partial charge in [-0.2, -0.15) is 0 Å². The summed E-state index contributed by atoms with van der Waals surface area (Å²) in [5.41, 5.74) is 0. The first-order valence-corrected chi connectivity index (χ1v) is 7.38. The zero-order valence-corrected chi connectivity index (χ0v) is 11.8. The Hall–Kier alpha value is -1.59. The van der Waals surface area contributed by atoms with Crippen LogP contribution in [-0.2, 0) is 14.3 Å². The van der Waals surface area contributed by atoms with Crippen LogP contribution in [0.25, 0.3) is 0 Å². The SMILES string of the molecule is C[C@@H](OC(=O)C1CC1)C(=O)NC(=O)NC1CCCCC1. The highest BCUT2D eigenvalue weighted by molar-refractivity contribution is 5.97. The molecule has 0 spiro atoms. The van der Waals surface area contributed by atoms with E-state index in [1.54, 1.807) is 0 Å². The number of imide groups is 1. The third-order valence-corrected chi connectivity index (χ3v) is 3.75. The van der Waals surface area contributed by atoms with Crippen molar-refractivity contribution in [2.75, 3.05) is 0 Å². The first kappa shape index (κ1) is 14.8. The van der Waals surface area contributed by atoms with E-state index in [0.717, 1.165) is 38.5 Å². The number of rotatable bonds is 4. The lowest BCUT2D eigenvalue weighted by Crippen LogP contribution is -2.48. The van der Waals surface area contributed by atoms with Gasteiger partial charge in [0.15, 0.2) is 6.10 Å². The summed E-state index contributed by atoms with van der Waals surface area (Å²) in [6.45, 7) is 1.48. The average Bonchev–Trinajstić information content (AvgIpc) is 3.23. The molecule has 2 fully saturated rings. The molecular weight excluding hydrogens is 260 g/mol. The monoisotopic (exact) mass is 282 g/mol. The normalized spacial score (nSPS) is 20.9. The molecule has 0 aliphatic heterocycles. The Morgan fingerprint density at radius 2 is 1.70 bits per heavy atom. The lowest BCUT2D eigenvalue weighted by Gasteiger charge is -2.23. The van der Waals surface area contributed by atoms with E-state index in [9.17, 15) is 14.4 Å².